The van der Waals surface area contributed by atoms with Crippen molar-refractivity contribution in [3.05, 3.63) is 47.0 Å². The molecule has 0 fully saturated rings. The fraction of sp³-hybridized carbons (Fsp3) is 0.500. The molecular formula is C20H31FN6. The Kier molecular flexibility index (Phi) is 7.64. The molecule has 1 heterocycles. The SMILES string of the molecule is CCNC(=NCc1ccc(N(C)C)c(F)c1)NCCCn1nc(C)cc1C. The number of hydrogen-bond acceptors (Lipinski definition) is 3. The third-order valence-electron chi connectivity index (χ3n) is 4.20. The molecule has 0 aliphatic heterocycles. The van der Waals surface area contributed by atoms with Gasteiger partial charge in [0.25, 0.3) is 0 Å². The minimum absolute atomic E-state index is 0.226. The van der Waals surface area contributed by atoms with Crippen LogP contribution in [0.4, 0.5) is 10.1 Å². The highest BCUT2D eigenvalue weighted by atomic mass is 19.1. The monoisotopic (exact) mass is 374 g/mol. The van der Waals surface area contributed by atoms with E-state index >= 15 is 0 Å². The first kappa shape index (κ1) is 20.7. The molecular weight excluding hydrogens is 343 g/mol. The van der Waals surface area contributed by atoms with Gasteiger partial charge in [-0.15, -0.1) is 0 Å². The van der Waals surface area contributed by atoms with Crippen molar-refractivity contribution in [2.75, 3.05) is 32.1 Å². The van der Waals surface area contributed by atoms with Crippen LogP contribution in [0.5, 0.6) is 0 Å². The summed E-state index contributed by atoms with van der Waals surface area (Å²) >= 11 is 0. The highest BCUT2D eigenvalue weighted by Crippen LogP contribution is 2.18. The summed E-state index contributed by atoms with van der Waals surface area (Å²) in [6, 6.07) is 7.33. The molecule has 0 amide bonds. The average molecular weight is 375 g/mol. The molecule has 148 valence electrons. The third kappa shape index (κ3) is 6.27. The highest BCUT2D eigenvalue weighted by Gasteiger charge is 2.06. The number of hydrogen-bond donors (Lipinski definition) is 2. The zero-order chi connectivity index (χ0) is 19.8. The molecule has 0 aliphatic carbocycles. The number of aliphatic imine (C=N–C) groups is 1. The van der Waals surface area contributed by atoms with Crippen LogP contribution in [0.25, 0.3) is 0 Å². The summed E-state index contributed by atoms with van der Waals surface area (Å²) in [6.45, 7) is 8.96. The minimum atomic E-state index is -0.226. The summed E-state index contributed by atoms with van der Waals surface area (Å²) in [6.07, 6.45) is 0.943. The number of aryl methyl sites for hydroxylation is 3. The highest BCUT2D eigenvalue weighted by molar-refractivity contribution is 5.79. The summed E-state index contributed by atoms with van der Waals surface area (Å²) in [5.41, 5.74) is 3.65. The van der Waals surface area contributed by atoms with Gasteiger partial charge in [0.05, 0.1) is 17.9 Å². The summed E-state index contributed by atoms with van der Waals surface area (Å²) in [5, 5.41) is 11.0. The summed E-state index contributed by atoms with van der Waals surface area (Å²) in [4.78, 5) is 6.32. The molecule has 2 N–H and O–H groups in total. The predicted molar refractivity (Wildman–Crippen MR) is 110 cm³/mol. The standard InChI is InChI=1S/C20H31FN6/c1-6-22-20(23-10-7-11-27-16(3)12-15(2)25-27)24-14-17-8-9-19(26(4)5)18(21)13-17/h8-9,12-13H,6-7,10-11,14H2,1-5H3,(H2,22,23,24). The zero-order valence-electron chi connectivity index (χ0n) is 17.0. The number of anilines is 1. The molecule has 0 bridgehead atoms. The fourth-order valence-electron chi connectivity index (χ4n) is 2.86. The van der Waals surface area contributed by atoms with Crippen LogP contribution in [-0.4, -0.2) is 42.9 Å². The van der Waals surface area contributed by atoms with Crippen LogP contribution in [0.3, 0.4) is 0 Å². The van der Waals surface area contributed by atoms with Crippen LogP contribution in [0, 0.1) is 19.7 Å². The molecule has 0 spiro atoms. The van der Waals surface area contributed by atoms with Gasteiger partial charge in [0.2, 0.25) is 0 Å². The van der Waals surface area contributed by atoms with E-state index in [2.05, 4.69) is 33.7 Å². The molecule has 0 atom stereocenters. The molecule has 27 heavy (non-hydrogen) atoms. The van der Waals surface area contributed by atoms with Crippen molar-refractivity contribution in [3.8, 4) is 0 Å². The summed E-state index contributed by atoms with van der Waals surface area (Å²) in [5.74, 6) is 0.513. The molecule has 7 heteroatoms. The van der Waals surface area contributed by atoms with Gasteiger partial charge in [-0.1, -0.05) is 6.07 Å². The lowest BCUT2D eigenvalue weighted by Crippen LogP contribution is -2.38. The number of benzene rings is 1. The van der Waals surface area contributed by atoms with Gasteiger partial charge in [-0.25, -0.2) is 9.38 Å². The first-order valence-corrected chi connectivity index (χ1v) is 9.39. The van der Waals surface area contributed by atoms with Gasteiger partial charge in [-0.3, -0.25) is 4.68 Å². The van der Waals surface area contributed by atoms with Crippen LogP contribution in [0.15, 0.2) is 29.3 Å². The van der Waals surface area contributed by atoms with E-state index in [0.717, 1.165) is 43.3 Å². The third-order valence-corrected chi connectivity index (χ3v) is 4.20. The maximum absolute atomic E-state index is 14.1. The molecule has 2 rings (SSSR count). The Morgan fingerprint density at radius 3 is 2.59 bits per heavy atom. The lowest BCUT2D eigenvalue weighted by Gasteiger charge is -2.14. The van der Waals surface area contributed by atoms with Crippen LogP contribution < -0.4 is 15.5 Å². The van der Waals surface area contributed by atoms with E-state index in [1.807, 2.05) is 38.7 Å². The molecule has 0 aliphatic rings. The quantitative estimate of drug-likeness (QED) is 0.424. The van der Waals surface area contributed by atoms with Gasteiger partial charge in [-0.05, 0) is 51.0 Å². The number of halogens is 1. The van der Waals surface area contributed by atoms with Crippen LogP contribution in [0.1, 0.15) is 30.3 Å². The molecule has 0 unspecified atom stereocenters. The Bertz CT molecular complexity index is 766. The maximum Gasteiger partial charge on any atom is 0.191 e. The Labute approximate surface area is 161 Å². The number of rotatable bonds is 8. The largest absolute Gasteiger partial charge is 0.375 e. The molecule has 1 aromatic carbocycles. The van der Waals surface area contributed by atoms with Crippen molar-refractivity contribution in [1.82, 2.24) is 20.4 Å². The number of nitrogens with zero attached hydrogens (tertiary/aromatic N) is 4. The molecule has 0 radical (unpaired) electrons. The second kappa shape index (κ2) is 9.94. The van der Waals surface area contributed by atoms with E-state index in [9.17, 15) is 4.39 Å². The first-order valence-electron chi connectivity index (χ1n) is 9.39. The van der Waals surface area contributed by atoms with Gasteiger partial charge in [0.15, 0.2) is 5.96 Å². The molecule has 1 aromatic heterocycles. The van der Waals surface area contributed by atoms with Gasteiger partial charge in [-0.2, -0.15) is 5.10 Å². The molecule has 6 nitrogen and oxygen atoms in total. The summed E-state index contributed by atoms with van der Waals surface area (Å²) in [7, 11) is 3.66. The predicted octanol–water partition coefficient (Wildman–Crippen LogP) is 2.85. The fourth-order valence-corrected chi connectivity index (χ4v) is 2.86. The Morgan fingerprint density at radius 1 is 1.22 bits per heavy atom. The van der Waals surface area contributed by atoms with Crippen molar-refractivity contribution >= 4 is 11.6 Å². The van der Waals surface area contributed by atoms with E-state index in [0.29, 0.717) is 12.2 Å². The Balaban J connectivity index is 1.88. The second-order valence-corrected chi connectivity index (χ2v) is 6.81. The van der Waals surface area contributed by atoms with Crippen molar-refractivity contribution in [2.24, 2.45) is 4.99 Å². The van der Waals surface area contributed by atoms with Crippen molar-refractivity contribution in [3.63, 3.8) is 0 Å². The molecule has 2 aromatic rings. The van der Waals surface area contributed by atoms with Gasteiger partial charge >= 0.3 is 0 Å². The van der Waals surface area contributed by atoms with E-state index in [1.54, 1.807) is 17.0 Å². The number of guanidine groups is 1. The molecule has 0 saturated carbocycles. The lowest BCUT2D eigenvalue weighted by molar-refractivity contribution is 0.555. The summed E-state index contributed by atoms with van der Waals surface area (Å²) < 4.78 is 16.1. The second-order valence-electron chi connectivity index (χ2n) is 6.81. The maximum atomic E-state index is 14.1. The van der Waals surface area contributed by atoms with Gasteiger partial charge < -0.3 is 15.5 Å². The lowest BCUT2D eigenvalue weighted by atomic mass is 10.2. The van der Waals surface area contributed by atoms with Gasteiger partial charge in [0.1, 0.15) is 5.82 Å². The zero-order valence-corrected chi connectivity index (χ0v) is 17.0. The van der Waals surface area contributed by atoms with Crippen LogP contribution in [0.2, 0.25) is 0 Å². The van der Waals surface area contributed by atoms with Crippen molar-refractivity contribution in [1.29, 1.82) is 0 Å². The van der Waals surface area contributed by atoms with Gasteiger partial charge in [0, 0.05) is 39.4 Å². The van der Waals surface area contributed by atoms with E-state index < -0.39 is 0 Å². The van der Waals surface area contributed by atoms with E-state index in [-0.39, 0.29) is 5.82 Å². The Morgan fingerprint density at radius 2 is 2.00 bits per heavy atom. The van der Waals surface area contributed by atoms with E-state index in [4.69, 9.17) is 0 Å². The number of aromatic nitrogens is 2. The van der Waals surface area contributed by atoms with Crippen LogP contribution >= 0.6 is 0 Å². The van der Waals surface area contributed by atoms with Crippen molar-refractivity contribution < 1.29 is 4.39 Å². The smallest absolute Gasteiger partial charge is 0.191 e. The van der Waals surface area contributed by atoms with E-state index in [1.165, 1.54) is 5.69 Å². The first-order chi connectivity index (χ1) is 12.9. The topological polar surface area (TPSA) is 57.5 Å². The number of nitrogens with one attached hydrogen (secondary N) is 2. The van der Waals surface area contributed by atoms with Crippen LogP contribution in [-0.2, 0) is 13.1 Å². The molecule has 0 saturated heterocycles. The Hall–Kier alpha value is -2.57. The average Bonchev–Trinajstić information content (AvgIpc) is 2.93. The minimum Gasteiger partial charge on any atom is -0.375 e. The normalized spacial score (nSPS) is 11.6. The van der Waals surface area contributed by atoms with Crippen molar-refractivity contribution in [2.45, 2.75) is 40.3 Å².